The van der Waals surface area contributed by atoms with Gasteiger partial charge in [-0.25, -0.2) is 0 Å². The van der Waals surface area contributed by atoms with Crippen molar-refractivity contribution in [1.82, 2.24) is 4.90 Å². The number of carbonyl (C=O) groups excluding carboxylic acids is 1. The van der Waals surface area contributed by atoms with Crippen LogP contribution >= 0.6 is 54.8 Å². The summed E-state index contributed by atoms with van der Waals surface area (Å²) in [6.45, 7) is 2.45. The van der Waals surface area contributed by atoms with E-state index in [1.54, 1.807) is 0 Å². The molecule has 1 aromatic heterocycles. The number of hydrogen-bond donors (Lipinski definition) is 0. The number of ketones is 1. The molecule has 1 unspecified atom stereocenters. The summed E-state index contributed by atoms with van der Waals surface area (Å²) in [4.78, 5) is 14.4. The minimum absolute atomic E-state index is 0.104. The van der Waals surface area contributed by atoms with Gasteiger partial charge in [0, 0.05) is 16.6 Å². The Labute approximate surface area is 150 Å². The number of rotatable bonds is 5. The van der Waals surface area contributed by atoms with Gasteiger partial charge in [-0.2, -0.15) is 0 Å². The Hall–Kier alpha value is -0.200. The van der Waals surface area contributed by atoms with E-state index >= 15 is 0 Å². The first-order valence-electron chi connectivity index (χ1n) is 6.32. The minimum Gasteiger partial charge on any atom is -0.293 e. The molecule has 0 N–H and O–H groups in total. The van der Waals surface area contributed by atoms with E-state index in [0.717, 1.165) is 23.7 Å². The predicted molar refractivity (Wildman–Crippen MR) is 96.5 cm³/mol. The maximum Gasteiger partial charge on any atom is 0.178 e. The van der Waals surface area contributed by atoms with Crippen molar-refractivity contribution in [3.63, 3.8) is 0 Å². The quantitative estimate of drug-likeness (QED) is 0.535. The zero-order chi connectivity index (χ0) is 15.6. The largest absolute Gasteiger partial charge is 0.293 e. The summed E-state index contributed by atoms with van der Waals surface area (Å²) in [5, 5.41) is 0.719. The van der Waals surface area contributed by atoms with Crippen molar-refractivity contribution < 1.29 is 4.79 Å². The van der Waals surface area contributed by atoms with Crippen LogP contribution in [0.5, 0.6) is 0 Å². The smallest absolute Gasteiger partial charge is 0.178 e. The van der Waals surface area contributed by atoms with Gasteiger partial charge in [-0.3, -0.25) is 9.69 Å². The van der Waals surface area contributed by atoms with Crippen LogP contribution in [-0.2, 0) is 0 Å². The van der Waals surface area contributed by atoms with Crippen molar-refractivity contribution in [3.05, 3.63) is 54.1 Å². The lowest BCUT2D eigenvalue weighted by molar-refractivity contribution is 0.0924. The molecular formula is C15H14Br2ClNOS. The van der Waals surface area contributed by atoms with Crippen LogP contribution in [0.1, 0.15) is 28.9 Å². The van der Waals surface area contributed by atoms with Crippen molar-refractivity contribution in [1.29, 1.82) is 0 Å². The zero-order valence-electron chi connectivity index (χ0n) is 11.6. The number of hydrogen-bond acceptors (Lipinski definition) is 3. The molecule has 6 heteroatoms. The number of likely N-dealkylation sites (N-methyl/N-ethyl adjacent to an activating group) is 1. The summed E-state index contributed by atoms with van der Waals surface area (Å²) in [7, 11) is 1.95. The molecule has 0 bridgehead atoms. The molecule has 0 aliphatic rings. The fourth-order valence-corrected chi connectivity index (χ4v) is 4.96. The van der Waals surface area contributed by atoms with Gasteiger partial charge in [0.1, 0.15) is 0 Å². The minimum atomic E-state index is 0.104. The Kier molecular flexibility index (Phi) is 6.03. The molecule has 0 aliphatic heterocycles. The summed E-state index contributed by atoms with van der Waals surface area (Å²) in [6.07, 6.45) is 0. The Morgan fingerprint density at radius 2 is 1.95 bits per heavy atom. The lowest BCUT2D eigenvalue weighted by Crippen LogP contribution is -2.28. The van der Waals surface area contributed by atoms with Crippen LogP contribution in [-0.4, -0.2) is 24.3 Å². The molecule has 0 aliphatic carbocycles. The molecule has 2 rings (SSSR count). The molecule has 21 heavy (non-hydrogen) atoms. The van der Waals surface area contributed by atoms with E-state index in [2.05, 4.69) is 38.8 Å². The number of halogens is 3. The molecule has 1 aromatic carbocycles. The molecule has 1 heterocycles. The molecule has 1 atom stereocenters. The van der Waals surface area contributed by atoms with E-state index in [1.807, 2.05) is 42.3 Å². The highest BCUT2D eigenvalue weighted by atomic mass is 79.9. The van der Waals surface area contributed by atoms with Gasteiger partial charge in [-0.1, -0.05) is 23.7 Å². The molecule has 112 valence electrons. The van der Waals surface area contributed by atoms with Crippen molar-refractivity contribution >= 4 is 60.6 Å². The number of benzene rings is 1. The third-order valence-corrected chi connectivity index (χ3v) is 5.95. The Balaban J connectivity index is 2.06. The molecule has 0 spiro atoms. The van der Waals surface area contributed by atoms with Crippen LogP contribution in [0.25, 0.3) is 0 Å². The van der Waals surface area contributed by atoms with E-state index < -0.39 is 0 Å². The molecule has 0 amide bonds. The van der Waals surface area contributed by atoms with Crippen LogP contribution in [0, 0.1) is 0 Å². The number of Topliss-reactive ketones (excluding diaryl/α,β-unsaturated/α-hetero) is 1. The highest BCUT2D eigenvalue weighted by Gasteiger charge is 2.19. The van der Waals surface area contributed by atoms with Crippen molar-refractivity contribution in [2.24, 2.45) is 0 Å². The normalized spacial score (nSPS) is 12.7. The van der Waals surface area contributed by atoms with E-state index in [0.29, 0.717) is 6.54 Å². The van der Waals surface area contributed by atoms with Crippen molar-refractivity contribution in [2.75, 3.05) is 13.6 Å². The number of thiophene rings is 1. The highest BCUT2D eigenvalue weighted by Crippen LogP contribution is 2.32. The first-order valence-corrected chi connectivity index (χ1v) is 9.10. The van der Waals surface area contributed by atoms with Gasteiger partial charge in [-0.05, 0) is 69.6 Å². The summed E-state index contributed by atoms with van der Waals surface area (Å²) in [6, 6.07) is 9.73. The summed E-state index contributed by atoms with van der Waals surface area (Å²) >= 11 is 14.2. The maximum atomic E-state index is 12.4. The average Bonchev–Trinajstić information content (AvgIpc) is 2.77. The Morgan fingerprint density at radius 3 is 2.48 bits per heavy atom. The van der Waals surface area contributed by atoms with Gasteiger partial charge >= 0.3 is 0 Å². The molecule has 0 saturated heterocycles. The summed E-state index contributed by atoms with van der Waals surface area (Å²) < 4.78 is 1.82. The van der Waals surface area contributed by atoms with Crippen LogP contribution in [0.3, 0.4) is 0 Å². The zero-order valence-corrected chi connectivity index (χ0v) is 16.3. The van der Waals surface area contributed by atoms with E-state index in [-0.39, 0.29) is 11.8 Å². The second-order valence-electron chi connectivity index (χ2n) is 4.80. The first kappa shape index (κ1) is 17.2. The maximum absolute atomic E-state index is 12.4. The number of nitrogens with zero attached hydrogens (tertiary/aromatic N) is 1. The van der Waals surface area contributed by atoms with Gasteiger partial charge in [0.15, 0.2) is 5.78 Å². The van der Waals surface area contributed by atoms with Crippen LogP contribution in [0.2, 0.25) is 5.02 Å². The average molecular weight is 452 g/mol. The molecular weight excluding hydrogens is 437 g/mol. The van der Waals surface area contributed by atoms with Gasteiger partial charge in [0.05, 0.1) is 14.1 Å². The Morgan fingerprint density at radius 1 is 1.33 bits per heavy atom. The van der Waals surface area contributed by atoms with Crippen LogP contribution in [0.4, 0.5) is 0 Å². The summed E-state index contributed by atoms with van der Waals surface area (Å²) in [5.74, 6) is 0.104. The summed E-state index contributed by atoms with van der Waals surface area (Å²) in [5.41, 5.74) is 1.86. The fraction of sp³-hybridized carbons (Fsp3) is 0.267. The predicted octanol–water partition coefficient (Wildman–Crippen LogP) is 5.80. The molecule has 2 nitrogen and oxygen atoms in total. The van der Waals surface area contributed by atoms with E-state index in [9.17, 15) is 4.79 Å². The standard InChI is InChI=1S/C15H14Br2ClNOS/c1-9(10-3-5-11(18)6-4-10)19(2)8-13(20)12-7-14(16)21-15(12)17/h3-7,9H,8H2,1-2H3. The SMILES string of the molecule is CC(c1ccc(Cl)cc1)N(C)CC(=O)c1cc(Br)sc1Br. The van der Waals surface area contributed by atoms with Gasteiger partial charge in [0.2, 0.25) is 0 Å². The second kappa shape index (κ2) is 7.38. The molecule has 0 saturated carbocycles. The van der Waals surface area contributed by atoms with Gasteiger partial charge in [-0.15, -0.1) is 11.3 Å². The van der Waals surface area contributed by atoms with Gasteiger partial charge < -0.3 is 0 Å². The van der Waals surface area contributed by atoms with Crippen molar-refractivity contribution in [2.45, 2.75) is 13.0 Å². The monoisotopic (exact) mass is 449 g/mol. The van der Waals surface area contributed by atoms with E-state index in [1.165, 1.54) is 11.3 Å². The lowest BCUT2D eigenvalue weighted by Gasteiger charge is -2.24. The second-order valence-corrected chi connectivity index (χ2v) is 8.99. The van der Waals surface area contributed by atoms with Gasteiger partial charge in [0.25, 0.3) is 0 Å². The topological polar surface area (TPSA) is 20.3 Å². The molecule has 0 radical (unpaired) electrons. The Bertz CT molecular complexity index is 642. The fourth-order valence-electron chi connectivity index (χ4n) is 1.97. The highest BCUT2D eigenvalue weighted by molar-refractivity contribution is 9.12. The molecule has 2 aromatic rings. The van der Waals surface area contributed by atoms with Crippen LogP contribution in [0.15, 0.2) is 37.9 Å². The number of carbonyl (C=O) groups is 1. The lowest BCUT2D eigenvalue weighted by atomic mass is 10.1. The third-order valence-electron chi connectivity index (χ3n) is 3.36. The molecule has 0 fully saturated rings. The van der Waals surface area contributed by atoms with Crippen molar-refractivity contribution in [3.8, 4) is 0 Å². The van der Waals surface area contributed by atoms with Crippen LogP contribution < -0.4 is 0 Å². The third kappa shape index (κ3) is 4.39. The first-order chi connectivity index (χ1) is 9.88. The van der Waals surface area contributed by atoms with E-state index in [4.69, 9.17) is 11.6 Å².